The minimum absolute atomic E-state index is 1.07. The summed E-state index contributed by atoms with van der Waals surface area (Å²) in [5, 5.41) is 2.12. The van der Waals surface area contributed by atoms with Gasteiger partial charge < -0.3 is 0 Å². The van der Waals surface area contributed by atoms with Crippen molar-refractivity contribution in [3.05, 3.63) is 51.3 Å². The van der Waals surface area contributed by atoms with Crippen LogP contribution in [0.2, 0.25) is 0 Å². The zero-order valence-electron chi connectivity index (χ0n) is 8.03. The fourth-order valence-corrected chi connectivity index (χ4v) is 3.54. The van der Waals surface area contributed by atoms with Crippen molar-refractivity contribution in [2.24, 2.45) is 0 Å². The largest absolute Gasteiger partial charge is 0.144 e. The maximum absolute atomic E-state index is 3.71. The van der Waals surface area contributed by atoms with Crippen LogP contribution in [-0.4, -0.2) is 0 Å². The maximum atomic E-state index is 3.71. The third-order valence-electron chi connectivity index (χ3n) is 2.68. The van der Waals surface area contributed by atoms with Gasteiger partial charge in [0.25, 0.3) is 0 Å². The quantitative estimate of drug-likeness (QED) is 0.705. The standard InChI is InChI=1S/C13H9BrS/c14-13-10-4-1-3-9(10)6-7-11(13)12-5-2-8-15-12/h1-2,4-8H,3H2. The highest BCUT2D eigenvalue weighted by Crippen LogP contribution is 2.37. The molecule has 0 radical (unpaired) electrons. The highest BCUT2D eigenvalue weighted by Gasteiger charge is 2.13. The van der Waals surface area contributed by atoms with Crippen LogP contribution in [0.15, 0.2) is 40.2 Å². The number of halogens is 1. The Morgan fingerprint density at radius 1 is 1.20 bits per heavy atom. The predicted molar refractivity (Wildman–Crippen MR) is 70.2 cm³/mol. The van der Waals surface area contributed by atoms with Gasteiger partial charge in [0.05, 0.1) is 0 Å². The third kappa shape index (κ3) is 1.48. The molecule has 1 aromatic carbocycles. The lowest BCUT2D eigenvalue weighted by Gasteiger charge is -2.07. The Bertz CT molecular complexity index is 524. The minimum atomic E-state index is 1.07. The molecule has 0 fully saturated rings. The van der Waals surface area contributed by atoms with E-state index in [1.54, 1.807) is 11.3 Å². The molecule has 0 unspecified atom stereocenters. The molecule has 1 heterocycles. The van der Waals surface area contributed by atoms with Gasteiger partial charge in [-0.1, -0.05) is 30.4 Å². The van der Waals surface area contributed by atoms with E-state index in [9.17, 15) is 0 Å². The Hall–Kier alpha value is -0.860. The second kappa shape index (κ2) is 3.62. The summed E-state index contributed by atoms with van der Waals surface area (Å²) in [6, 6.07) is 8.70. The molecule has 0 nitrogen and oxygen atoms in total. The molecule has 0 spiro atoms. The van der Waals surface area contributed by atoms with Gasteiger partial charge in [-0.15, -0.1) is 11.3 Å². The average molecular weight is 277 g/mol. The van der Waals surface area contributed by atoms with Crippen molar-refractivity contribution < 1.29 is 0 Å². The van der Waals surface area contributed by atoms with Crippen LogP contribution in [-0.2, 0) is 6.42 Å². The first-order valence-corrected chi connectivity index (χ1v) is 6.55. The number of hydrogen-bond acceptors (Lipinski definition) is 1. The van der Waals surface area contributed by atoms with Crippen molar-refractivity contribution in [3.63, 3.8) is 0 Å². The van der Waals surface area contributed by atoms with E-state index in [0.29, 0.717) is 0 Å². The first-order valence-electron chi connectivity index (χ1n) is 4.88. The summed E-state index contributed by atoms with van der Waals surface area (Å²) < 4.78 is 1.23. The number of hydrogen-bond donors (Lipinski definition) is 0. The van der Waals surface area contributed by atoms with Crippen molar-refractivity contribution in [3.8, 4) is 10.4 Å². The summed E-state index contributed by atoms with van der Waals surface area (Å²) >= 11 is 5.49. The molecule has 0 amide bonds. The van der Waals surface area contributed by atoms with E-state index >= 15 is 0 Å². The first-order chi connectivity index (χ1) is 7.36. The molecular weight excluding hydrogens is 268 g/mol. The second-order valence-corrected chi connectivity index (χ2v) is 5.32. The van der Waals surface area contributed by atoms with E-state index in [0.717, 1.165) is 6.42 Å². The van der Waals surface area contributed by atoms with E-state index in [4.69, 9.17) is 0 Å². The van der Waals surface area contributed by atoms with Gasteiger partial charge in [0.15, 0.2) is 0 Å². The van der Waals surface area contributed by atoms with Gasteiger partial charge in [0.1, 0.15) is 0 Å². The van der Waals surface area contributed by atoms with Gasteiger partial charge >= 0.3 is 0 Å². The molecule has 0 bridgehead atoms. The van der Waals surface area contributed by atoms with Crippen molar-refractivity contribution in [1.29, 1.82) is 0 Å². The third-order valence-corrected chi connectivity index (χ3v) is 4.44. The number of rotatable bonds is 1. The van der Waals surface area contributed by atoms with Crippen LogP contribution in [0.3, 0.4) is 0 Å². The molecule has 15 heavy (non-hydrogen) atoms. The lowest BCUT2D eigenvalue weighted by molar-refractivity contribution is 1.30. The number of allylic oxidation sites excluding steroid dienone is 1. The van der Waals surface area contributed by atoms with Crippen LogP contribution >= 0.6 is 27.3 Å². The fourth-order valence-electron chi connectivity index (χ4n) is 1.92. The van der Waals surface area contributed by atoms with Gasteiger partial charge in [-0.2, -0.15) is 0 Å². The van der Waals surface area contributed by atoms with Crippen LogP contribution in [0.25, 0.3) is 16.5 Å². The molecule has 0 N–H and O–H groups in total. The lowest BCUT2D eigenvalue weighted by Crippen LogP contribution is -1.85. The molecule has 2 heteroatoms. The van der Waals surface area contributed by atoms with E-state index < -0.39 is 0 Å². The van der Waals surface area contributed by atoms with Gasteiger partial charge in [0.2, 0.25) is 0 Å². The number of thiophene rings is 1. The molecule has 0 saturated carbocycles. The van der Waals surface area contributed by atoms with Crippen molar-refractivity contribution >= 4 is 33.3 Å². The normalized spacial score (nSPS) is 13.1. The van der Waals surface area contributed by atoms with Crippen LogP contribution in [0.5, 0.6) is 0 Å². The van der Waals surface area contributed by atoms with Crippen LogP contribution < -0.4 is 0 Å². The highest BCUT2D eigenvalue weighted by molar-refractivity contribution is 9.10. The van der Waals surface area contributed by atoms with E-state index in [1.807, 2.05) is 0 Å². The first kappa shape index (κ1) is 9.37. The van der Waals surface area contributed by atoms with Crippen molar-refractivity contribution in [1.82, 2.24) is 0 Å². The molecule has 74 valence electrons. The van der Waals surface area contributed by atoms with E-state index in [-0.39, 0.29) is 0 Å². The van der Waals surface area contributed by atoms with Crippen LogP contribution in [0, 0.1) is 0 Å². The molecule has 2 aromatic rings. The van der Waals surface area contributed by atoms with E-state index in [1.165, 1.54) is 26.0 Å². The Kier molecular flexibility index (Phi) is 2.26. The number of fused-ring (bicyclic) bond motifs is 1. The Morgan fingerprint density at radius 3 is 2.93 bits per heavy atom. The SMILES string of the molecule is Brc1c(-c2cccs2)ccc2c1C=CC2. The number of benzene rings is 1. The summed E-state index contributed by atoms with van der Waals surface area (Å²) in [6.45, 7) is 0. The van der Waals surface area contributed by atoms with Crippen molar-refractivity contribution in [2.45, 2.75) is 6.42 Å². The molecule has 3 rings (SSSR count). The summed E-state index contributed by atoms with van der Waals surface area (Å²) in [4.78, 5) is 1.32. The lowest BCUT2D eigenvalue weighted by atomic mass is 10.1. The maximum Gasteiger partial charge on any atom is 0.0354 e. The second-order valence-electron chi connectivity index (χ2n) is 3.58. The highest BCUT2D eigenvalue weighted by atomic mass is 79.9. The molecule has 0 saturated heterocycles. The average Bonchev–Trinajstić information content (AvgIpc) is 2.87. The fraction of sp³-hybridized carbons (Fsp3) is 0.0769. The molecule has 1 aliphatic carbocycles. The van der Waals surface area contributed by atoms with Gasteiger partial charge in [-0.25, -0.2) is 0 Å². The molecule has 0 aliphatic heterocycles. The van der Waals surface area contributed by atoms with Gasteiger partial charge in [0, 0.05) is 14.9 Å². The molecular formula is C13H9BrS. The molecule has 0 atom stereocenters. The molecule has 1 aliphatic rings. The van der Waals surface area contributed by atoms with Gasteiger partial charge in [-0.05, 0) is 44.9 Å². The Morgan fingerprint density at radius 2 is 2.13 bits per heavy atom. The van der Waals surface area contributed by atoms with Crippen LogP contribution in [0.4, 0.5) is 0 Å². The smallest absolute Gasteiger partial charge is 0.0354 e. The summed E-state index contributed by atoms with van der Waals surface area (Å²) in [5.74, 6) is 0. The summed E-state index contributed by atoms with van der Waals surface area (Å²) in [7, 11) is 0. The predicted octanol–water partition coefficient (Wildman–Crippen LogP) is 4.75. The summed E-state index contributed by atoms with van der Waals surface area (Å²) in [6.07, 6.45) is 5.49. The summed E-state index contributed by atoms with van der Waals surface area (Å²) in [5.41, 5.74) is 4.07. The molecule has 1 aromatic heterocycles. The monoisotopic (exact) mass is 276 g/mol. The Balaban J connectivity index is 2.22. The van der Waals surface area contributed by atoms with Crippen LogP contribution in [0.1, 0.15) is 11.1 Å². The minimum Gasteiger partial charge on any atom is -0.144 e. The Labute approximate surface area is 101 Å². The van der Waals surface area contributed by atoms with Crippen molar-refractivity contribution in [2.75, 3.05) is 0 Å². The zero-order chi connectivity index (χ0) is 10.3. The van der Waals surface area contributed by atoms with Gasteiger partial charge in [-0.3, -0.25) is 0 Å². The van der Waals surface area contributed by atoms with E-state index in [2.05, 4.69) is 57.7 Å². The zero-order valence-corrected chi connectivity index (χ0v) is 10.4. The topological polar surface area (TPSA) is 0 Å².